The molecule has 0 aromatic rings. The van der Waals surface area contributed by atoms with Crippen molar-refractivity contribution in [2.75, 3.05) is 13.7 Å². The van der Waals surface area contributed by atoms with E-state index in [0.717, 1.165) is 6.21 Å². The van der Waals surface area contributed by atoms with E-state index >= 15 is 0 Å². The quantitative estimate of drug-likeness (QED) is 0.423. The molecule has 0 aromatic heterocycles. The van der Waals surface area contributed by atoms with Gasteiger partial charge in [-0.1, -0.05) is 5.16 Å². The van der Waals surface area contributed by atoms with Gasteiger partial charge in [-0.25, -0.2) is 0 Å². The van der Waals surface area contributed by atoms with E-state index in [4.69, 9.17) is 0 Å². The molecule has 0 bridgehead atoms. The van der Waals surface area contributed by atoms with Gasteiger partial charge in [0.25, 0.3) is 5.91 Å². The zero-order chi connectivity index (χ0) is 7.11. The van der Waals surface area contributed by atoms with Crippen LogP contribution in [-0.4, -0.2) is 25.8 Å². The first-order valence-corrected chi connectivity index (χ1v) is 2.68. The van der Waals surface area contributed by atoms with Crippen LogP contribution in [0.25, 0.3) is 0 Å². The highest BCUT2D eigenvalue weighted by molar-refractivity contribution is 6.25. The fraction of sp³-hybridized carbons (Fsp3) is 0.600. The van der Waals surface area contributed by atoms with Crippen molar-refractivity contribution in [3.63, 3.8) is 0 Å². The van der Waals surface area contributed by atoms with Gasteiger partial charge in [0.1, 0.15) is 12.8 Å². The molecule has 0 aromatic carbocycles. The summed E-state index contributed by atoms with van der Waals surface area (Å²) in [6.07, 6.45) is 1.09. The Morgan fingerprint density at radius 2 is 2.56 bits per heavy atom. The summed E-state index contributed by atoms with van der Waals surface area (Å²) >= 11 is 0. The molecular weight excluding hydrogens is 120 g/mol. The third-order valence-electron chi connectivity index (χ3n) is 0.620. The van der Waals surface area contributed by atoms with Crippen LogP contribution < -0.4 is 5.32 Å². The third-order valence-corrected chi connectivity index (χ3v) is 0.620. The molecule has 0 fully saturated rings. The smallest absolute Gasteiger partial charge is 0.265 e. The van der Waals surface area contributed by atoms with Gasteiger partial charge in [0, 0.05) is 7.05 Å². The molecule has 0 aliphatic carbocycles. The maximum atomic E-state index is 10.3. The van der Waals surface area contributed by atoms with Crippen LogP contribution in [0.1, 0.15) is 6.92 Å². The zero-order valence-electron chi connectivity index (χ0n) is 5.55. The average Bonchev–Trinajstić information content (AvgIpc) is 1.89. The summed E-state index contributed by atoms with van der Waals surface area (Å²) in [5.74, 6) is -0.261. The van der Waals surface area contributed by atoms with E-state index in [-0.39, 0.29) is 5.91 Å². The lowest BCUT2D eigenvalue weighted by Gasteiger charge is -1.89. The summed E-state index contributed by atoms with van der Waals surface area (Å²) in [5.41, 5.74) is 0. The fourth-order valence-corrected chi connectivity index (χ4v) is 0.224. The number of hydrogen-bond acceptors (Lipinski definition) is 3. The topological polar surface area (TPSA) is 50.7 Å². The van der Waals surface area contributed by atoms with Crippen LogP contribution in [0.4, 0.5) is 0 Å². The second kappa shape index (κ2) is 5.08. The van der Waals surface area contributed by atoms with E-state index in [2.05, 4.69) is 15.3 Å². The molecule has 1 N–H and O–H groups in total. The van der Waals surface area contributed by atoms with Crippen molar-refractivity contribution in [3.8, 4) is 0 Å². The van der Waals surface area contributed by atoms with Gasteiger partial charge in [-0.05, 0) is 6.92 Å². The van der Waals surface area contributed by atoms with Crippen molar-refractivity contribution in [2.45, 2.75) is 6.92 Å². The van der Waals surface area contributed by atoms with E-state index < -0.39 is 0 Å². The number of nitrogens with zero attached hydrogens (tertiary/aromatic N) is 1. The maximum Gasteiger partial charge on any atom is 0.265 e. The van der Waals surface area contributed by atoms with Crippen molar-refractivity contribution < 1.29 is 9.63 Å². The minimum Gasteiger partial charge on any atom is -0.396 e. The minimum absolute atomic E-state index is 0.261. The van der Waals surface area contributed by atoms with Crippen LogP contribution in [-0.2, 0) is 9.63 Å². The molecule has 0 aliphatic heterocycles. The Labute approximate surface area is 53.9 Å². The molecule has 0 spiro atoms. The van der Waals surface area contributed by atoms with Crippen molar-refractivity contribution in [1.29, 1.82) is 0 Å². The Bertz CT molecular complexity index is 112. The van der Waals surface area contributed by atoms with Crippen molar-refractivity contribution in [1.82, 2.24) is 5.32 Å². The van der Waals surface area contributed by atoms with E-state index in [9.17, 15) is 4.79 Å². The van der Waals surface area contributed by atoms with Crippen molar-refractivity contribution in [2.24, 2.45) is 5.16 Å². The molecule has 0 saturated carbocycles. The first-order chi connectivity index (χ1) is 4.31. The summed E-state index contributed by atoms with van der Waals surface area (Å²) in [5, 5.41) is 5.68. The first kappa shape index (κ1) is 7.94. The van der Waals surface area contributed by atoms with E-state index in [1.807, 2.05) is 0 Å². The molecule has 0 atom stereocenters. The van der Waals surface area contributed by atoms with Crippen molar-refractivity contribution in [3.05, 3.63) is 0 Å². The molecule has 0 radical (unpaired) electrons. The SMILES string of the molecule is CCON=CC(=O)NC. The van der Waals surface area contributed by atoms with Crippen LogP contribution in [0.3, 0.4) is 0 Å². The van der Waals surface area contributed by atoms with Gasteiger partial charge in [-0.15, -0.1) is 0 Å². The lowest BCUT2D eigenvalue weighted by Crippen LogP contribution is -2.18. The number of carbonyl (C=O) groups excluding carboxylic acids is 1. The lowest BCUT2D eigenvalue weighted by atomic mass is 10.7. The van der Waals surface area contributed by atoms with Gasteiger partial charge in [0.15, 0.2) is 0 Å². The Hall–Kier alpha value is -1.06. The fourth-order valence-electron chi connectivity index (χ4n) is 0.224. The summed E-state index contributed by atoms with van der Waals surface area (Å²) in [6, 6.07) is 0. The maximum absolute atomic E-state index is 10.3. The average molecular weight is 130 g/mol. The summed E-state index contributed by atoms with van der Waals surface area (Å²) < 4.78 is 0. The van der Waals surface area contributed by atoms with E-state index in [0.29, 0.717) is 6.61 Å². The number of nitrogens with one attached hydrogen (secondary N) is 1. The molecule has 52 valence electrons. The Kier molecular flexibility index (Phi) is 4.49. The molecule has 0 rings (SSSR count). The van der Waals surface area contributed by atoms with Crippen LogP contribution in [0.2, 0.25) is 0 Å². The molecule has 0 unspecified atom stereocenters. The van der Waals surface area contributed by atoms with Gasteiger partial charge < -0.3 is 10.2 Å². The van der Waals surface area contributed by atoms with Crippen LogP contribution >= 0.6 is 0 Å². The Morgan fingerprint density at radius 1 is 1.89 bits per heavy atom. The minimum atomic E-state index is -0.261. The van der Waals surface area contributed by atoms with Crippen molar-refractivity contribution >= 4 is 12.1 Å². The predicted molar refractivity (Wildman–Crippen MR) is 34.2 cm³/mol. The molecule has 4 heteroatoms. The number of oxime groups is 1. The Balaban J connectivity index is 3.32. The number of rotatable bonds is 3. The molecule has 9 heavy (non-hydrogen) atoms. The van der Waals surface area contributed by atoms with Gasteiger partial charge in [0.05, 0.1) is 0 Å². The highest BCUT2D eigenvalue weighted by atomic mass is 16.6. The van der Waals surface area contributed by atoms with Gasteiger partial charge >= 0.3 is 0 Å². The highest BCUT2D eigenvalue weighted by Gasteiger charge is 1.86. The molecule has 0 saturated heterocycles. The van der Waals surface area contributed by atoms with E-state index in [1.54, 1.807) is 6.92 Å². The molecule has 4 nitrogen and oxygen atoms in total. The molecule has 0 aliphatic rings. The zero-order valence-corrected chi connectivity index (χ0v) is 5.55. The highest BCUT2D eigenvalue weighted by Crippen LogP contribution is 1.69. The predicted octanol–water partition coefficient (Wildman–Crippen LogP) is -0.245. The lowest BCUT2D eigenvalue weighted by molar-refractivity contribution is -0.114. The largest absolute Gasteiger partial charge is 0.396 e. The van der Waals surface area contributed by atoms with Crippen LogP contribution in [0.15, 0.2) is 5.16 Å². The normalized spacial score (nSPS) is 9.56. The van der Waals surface area contributed by atoms with E-state index in [1.165, 1.54) is 7.05 Å². The number of carbonyl (C=O) groups is 1. The van der Waals surface area contributed by atoms with Gasteiger partial charge in [-0.2, -0.15) is 0 Å². The standard InChI is InChI=1S/C5H10N2O2/c1-3-9-7-4-5(8)6-2/h4H,3H2,1-2H3,(H,6,8). The monoisotopic (exact) mass is 130 g/mol. The second-order valence-electron chi connectivity index (χ2n) is 1.27. The third kappa shape index (κ3) is 4.80. The number of hydrogen-bond donors (Lipinski definition) is 1. The van der Waals surface area contributed by atoms with Gasteiger partial charge in [0.2, 0.25) is 0 Å². The molecular formula is C5H10N2O2. The van der Waals surface area contributed by atoms with Gasteiger partial charge in [-0.3, -0.25) is 4.79 Å². The molecule has 1 amide bonds. The number of amides is 1. The molecule has 0 heterocycles. The first-order valence-electron chi connectivity index (χ1n) is 2.68. The summed E-state index contributed by atoms with van der Waals surface area (Å²) in [6.45, 7) is 2.27. The Morgan fingerprint density at radius 3 is 3.00 bits per heavy atom. The van der Waals surface area contributed by atoms with Crippen LogP contribution in [0, 0.1) is 0 Å². The summed E-state index contributed by atoms with van der Waals surface area (Å²) in [4.78, 5) is 14.9. The van der Waals surface area contributed by atoms with Crippen LogP contribution in [0.5, 0.6) is 0 Å². The summed E-state index contributed by atoms with van der Waals surface area (Å²) in [7, 11) is 1.53. The second-order valence-corrected chi connectivity index (χ2v) is 1.27.